The summed E-state index contributed by atoms with van der Waals surface area (Å²) < 4.78 is 16.3. The smallest absolute Gasteiger partial charge is 0.261 e. The van der Waals surface area contributed by atoms with Crippen LogP contribution in [0.2, 0.25) is 0 Å². The van der Waals surface area contributed by atoms with Crippen molar-refractivity contribution in [2.75, 3.05) is 14.2 Å². The third kappa shape index (κ3) is 5.77. The van der Waals surface area contributed by atoms with Crippen LogP contribution in [0.3, 0.4) is 0 Å². The molecule has 3 aromatic carbocycles. The van der Waals surface area contributed by atoms with E-state index in [1.54, 1.807) is 21.1 Å². The molecule has 1 unspecified atom stereocenters. The molecule has 3 rings (SSSR count). The summed E-state index contributed by atoms with van der Waals surface area (Å²) >= 11 is 0. The van der Waals surface area contributed by atoms with Gasteiger partial charge in [-0.2, -0.15) is 0 Å². The van der Waals surface area contributed by atoms with E-state index in [-0.39, 0.29) is 5.91 Å². The lowest BCUT2D eigenvalue weighted by Crippen LogP contribution is -2.35. The van der Waals surface area contributed by atoms with Crippen LogP contribution in [0.15, 0.2) is 72.8 Å². The van der Waals surface area contributed by atoms with Crippen LogP contribution in [0.4, 0.5) is 0 Å². The Labute approximate surface area is 177 Å². The number of nitrogens with one attached hydrogen (secondary N) is 1. The number of hydrogen-bond donors (Lipinski definition) is 1. The first kappa shape index (κ1) is 21.2. The Bertz CT molecular complexity index is 955. The van der Waals surface area contributed by atoms with Crippen molar-refractivity contribution in [2.45, 2.75) is 26.0 Å². The normalized spacial score (nSPS) is 11.4. The number of rotatable bonds is 9. The summed E-state index contributed by atoms with van der Waals surface area (Å²) in [6.07, 6.45) is 0.257. The van der Waals surface area contributed by atoms with E-state index in [2.05, 4.69) is 17.4 Å². The molecule has 5 heteroatoms. The monoisotopic (exact) mass is 405 g/mol. The van der Waals surface area contributed by atoms with Crippen molar-refractivity contribution in [3.8, 4) is 17.2 Å². The summed E-state index contributed by atoms with van der Waals surface area (Å²) in [5.74, 6) is 1.77. The lowest BCUT2D eigenvalue weighted by Gasteiger charge is -2.16. The Morgan fingerprint density at radius 2 is 1.47 bits per heavy atom. The van der Waals surface area contributed by atoms with Gasteiger partial charge in [0.25, 0.3) is 5.91 Å². The molecule has 156 valence electrons. The minimum atomic E-state index is -0.606. The molecule has 0 fully saturated rings. The van der Waals surface area contributed by atoms with Crippen LogP contribution in [0.5, 0.6) is 17.2 Å². The Kier molecular flexibility index (Phi) is 7.33. The second-order valence-corrected chi connectivity index (χ2v) is 6.97. The summed E-state index contributed by atoms with van der Waals surface area (Å²) in [6, 6.07) is 23.7. The maximum Gasteiger partial charge on any atom is 0.261 e. The van der Waals surface area contributed by atoms with Gasteiger partial charge >= 0.3 is 0 Å². The van der Waals surface area contributed by atoms with E-state index in [0.717, 1.165) is 12.0 Å². The molecule has 1 atom stereocenters. The van der Waals surface area contributed by atoms with Crippen LogP contribution in [-0.4, -0.2) is 26.2 Å². The molecule has 0 aliphatic heterocycles. The first-order chi connectivity index (χ1) is 14.6. The van der Waals surface area contributed by atoms with Crippen LogP contribution in [0, 0.1) is 0 Å². The molecule has 30 heavy (non-hydrogen) atoms. The van der Waals surface area contributed by atoms with Crippen molar-refractivity contribution in [2.24, 2.45) is 0 Å². The predicted molar refractivity (Wildman–Crippen MR) is 117 cm³/mol. The van der Waals surface area contributed by atoms with Crippen molar-refractivity contribution in [1.82, 2.24) is 5.32 Å². The molecular formula is C25H27NO4. The average molecular weight is 405 g/mol. The summed E-state index contributed by atoms with van der Waals surface area (Å²) in [4.78, 5) is 12.4. The molecule has 0 aliphatic carbocycles. The molecule has 0 radical (unpaired) electrons. The summed E-state index contributed by atoms with van der Waals surface area (Å²) in [5.41, 5.74) is 3.37. The fraction of sp³-hybridized carbons (Fsp3) is 0.240. The second-order valence-electron chi connectivity index (χ2n) is 6.97. The molecular weight excluding hydrogens is 378 g/mol. The second kappa shape index (κ2) is 10.3. The van der Waals surface area contributed by atoms with Gasteiger partial charge in [0.15, 0.2) is 17.6 Å². The van der Waals surface area contributed by atoms with Gasteiger partial charge in [0, 0.05) is 6.54 Å². The fourth-order valence-corrected chi connectivity index (χ4v) is 3.10. The molecule has 0 bridgehead atoms. The van der Waals surface area contributed by atoms with Gasteiger partial charge in [0.05, 0.1) is 14.2 Å². The van der Waals surface area contributed by atoms with Crippen molar-refractivity contribution >= 4 is 5.91 Å². The molecule has 0 saturated carbocycles. The predicted octanol–water partition coefficient (Wildman–Crippen LogP) is 4.38. The van der Waals surface area contributed by atoms with E-state index in [9.17, 15) is 4.79 Å². The Morgan fingerprint density at radius 1 is 0.833 bits per heavy atom. The number of carbonyl (C=O) groups is 1. The topological polar surface area (TPSA) is 56.8 Å². The van der Waals surface area contributed by atoms with E-state index in [1.807, 2.05) is 60.7 Å². The zero-order valence-corrected chi connectivity index (χ0v) is 17.6. The molecule has 1 amide bonds. The van der Waals surface area contributed by atoms with Gasteiger partial charge in [-0.25, -0.2) is 0 Å². The SMILES string of the molecule is COc1ccc(CNC(=O)C(C)Oc2ccc(Cc3ccccc3)cc2)cc1OC. The lowest BCUT2D eigenvalue weighted by molar-refractivity contribution is -0.127. The lowest BCUT2D eigenvalue weighted by atomic mass is 10.1. The van der Waals surface area contributed by atoms with E-state index < -0.39 is 6.10 Å². The number of ether oxygens (including phenoxy) is 3. The Morgan fingerprint density at radius 3 is 2.13 bits per heavy atom. The van der Waals surface area contributed by atoms with E-state index >= 15 is 0 Å². The van der Waals surface area contributed by atoms with Gasteiger partial charge in [-0.05, 0) is 54.3 Å². The minimum absolute atomic E-state index is 0.182. The van der Waals surface area contributed by atoms with Crippen LogP contribution >= 0.6 is 0 Å². The highest BCUT2D eigenvalue weighted by Gasteiger charge is 2.15. The Balaban J connectivity index is 1.51. The van der Waals surface area contributed by atoms with Gasteiger partial charge in [-0.3, -0.25) is 4.79 Å². The van der Waals surface area contributed by atoms with Crippen LogP contribution in [0.1, 0.15) is 23.6 Å². The van der Waals surface area contributed by atoms with Crippen molar-refractivity contribution in [3.63, 3.8) is 0 Å². The first-order valence-corrected chi connectivity index (χ1v) is 9.87. The van der Waals surface area contributed by atoms with E-state index in [0.29, 0.717) is 23.8 Å². The quantitative estimate of drug-likeness (QED) is 0.574. The summed E-state index contributed by atoms with van der Waals surface area (Å²) in [5, 5.41) is 2.89. The number of methoxy groups -OCH3 is 2. The van der Waals surface area contributed by atoms with E-state index in [1.165, 1.54) is 11.1 Å². The average Bonchev–Trinajstić information content (AvgIpc) is 2.79. The molecule has 0 saturated heterocycles. The molecule has 1 N–H and O–H groups in total. The number of hydrogen-bond acceptors (Lipinski definition) is 4. The van der Waals surface area contributed by atoms with Crippen LogP contribution in [0.25, 0.3) is 0 Å². The highest BCUT2D eigenvalue weighted by atomic mass is 16.5. The fourth-order valence-electron chi connectivity index (χ4n) is 3.10. The molecule has 0 heterocycles. The summed E-state index contributed by atoms with van der Waals surface area (Å²) in [7, 11) is 3.17. The number of benzene rings is 3. The standard InChI is InChI=1S/C25H27NO4/c1-18(25(27)26-17-21-11-14-23(28-2)24(16-21)29-3)30-22-12-9-20(10-13-22)15-19-7-5-4-6-8-19/h4-14,16,18H,15,17H2,1-3H3,(H,26,27). The highest BCUT2D eigenvalue weighted by molar-refractivity contribution is 5.80. The van der Waals surface area contributed by atoms with Gasteiger partial charge in [-0.1, -0.05) is 48.5 Å². The van der Waals surface area contributed by atoms with Crippen LogP contribution in [-0.2, 0) is 17.8 Å². The van der Waals surface area contributed by atoms with Gasteiger partial charge in [-0.15, -0.1) is 0 Å². The van der Waals surface area contributed by atoms with Crippen molar-refractivity contribution in [3.05, 3.63) is 89.5 Å². The van der Waals surface area contributed by atoms with Crippen molar-refractivity contribution in [1.29, 1.82) is 0 Å². The highest BCUT2D eigenvalue weighted by Crippen LogP contribution is 2.27. The van der Waals surface area contributed by atoms with E-state index in [4.69, 9.17) is 14.2 Å². The first-order valence-electron chi connectivity index (χ1n) is 9.87. The van der Waals surface area contributed by atoms with Gasteiger partial charge in [0.2, 0.25) is 0 Å². The molecule has 0 spiro atoms. The number of carbonyl (C=O) groups excluding carboxylic acids is 1. The number of amides is 1. The molecule has 0 aliphatic rings. The molecule has 0 aromatic heterocycles. The molecule has 3 aromatic rings. The largest absolute Gasteiger partial charge is 0.493 e. The third-order valence-corrected chi connectivity index (χ3v) is 4.77. The van der Waals surface area contributed by atoms with Crippen LogP contribution < -0.4 is 19.5 Å². The Hall–Kier alpha value is -3.47. The summed E-state index contributed by atoms with van der Waals surface area (Å²) in [6.45, 7) is 2.12. The maximum atomic E-state index is 12.4. The van der Waals surface area contributed by atoms with Gasteiger partial charge < -0.3 is 19.5 Å². The zero-order valence-electron chi connectivity index (χ0n) is 17.6. The minimum Gasteiger partial charge on any atom is -0.493 e. The van der Waals surface area contributed by atoms with Gasteiger partial charge in [0.1, 0.15) is 5.75 Å². The molecule has 5 nitrogen and oxygen atoms in total. The zero-order chi connectivity index (χ0) is 21.3. The third-order valence-electron chi connectivity index (χ3n) is 4.77. The van der Waals surface area contributed by atoms with Crippen molar-refractivity contribution < 1.29 is 19.0 Å². The maximum absolute atomic E-state index is 12.4.